The monoisotopic (exact) mass is 201 g/mol. The van der Waals surface area contributed by atoms with Crippen LogP contribution in [-0.2, 0) is 5.41 Å². The van der Waals surface area contributed by atoms with E-state index in [9.17, 15) is 0 Å². The van der Waals surface area contributed by atoms with Gasteiger partial charge in [0, 0.05) is 5.69 Å². The summed E-state index contributed by atoms with van der Waals surface area (Å²) in [7, 11) is 0. The molecule has 0 bridgehead atoms. The molecule has 1 fully saturated rings. The van der Waals surface area contributed by atoms with E-state index in [1.807, 2.05) is 24.3 Å². The molecule has 1 aromatic carbocycles. The van der Waals surface area contributed by atoms with Gasteiger partial charge in [-0.2, -0.15) is 4.98 Å². The van der Waals surface area contributed by atoms with E-state index in [0.29, 0.717) is 0 Å². The van der Waals surface area contributed by atoms with Gasteiger partial charge in [0.2, 0.25) is 6.39 Å². The average Bonchev–Trinajstić information content (AvgIpc) is 2.88. The van der Waals surface area contributed by atoms with Crippen molar-refractivity contribution in [3.63, 3.8) is 0 Å². The second-order valence-electron chi connectivity index (χ2n) is 3.96. The topological polar surface area (TPSA) is 64.9 Å². The average molecular weight is 201 g/mol. The van der Waals surface area contributed by atoms with Crippen LogP contribution in [0, 0.1) is 0 Å². The molecule has 0 atom stereocenters. The zero-order chi connectivity index (χ0) is 10.3. The van der Waals surface area contributed by atoms with Crippen LogP contribution < -0.4 is 5.73 Å². The van der Waals surface area contributed by atoms with Crippen molar-refractivity contribution in [1.29, 1.82) is 0 Å². The van der Waals surface area contributed by atoms with E-state index in [-0.39, 0.29) is 5.41 Å². The summed E-state index contributed by atoms with van der Waals surface area (Å²) in [5.74, 6) is 0.785. The third kappa shape index (κ3) is 1.21. The predicted octanol–water partition coefficient (Wildman–Crippen LogP) is 1.73. The van der Waals surface area contributed by atoms with E-state index in [1.165, 1.54) is 12.0 Å². The van der Waals surface area contributed by atoms with Gasteiger partial charge in [0.15, 0.2) is 5.82 Å². The molecule has 0 aliphatic heterocycles. The highest BCUT2D eigenvalue weighted by molar-refractivity contribution is 5.46. The molecular weight excluding hydrogens is 190 g/mol. The third-order valence-electron chi connectivity index (χ3n) is 3.00. The Morgan fingerprint density at radius 2 is 1.93 bits per heavy atom. The maximum atomic E-state index is 5.66. The minimum atomic E-state index is -0.0132. The van der Waals surface area contributed by atoms with Crippen LogP contribution in [0.2, 0.25) is 0 Å². The zero-order valence-electron chi connectivity index (χ0n) is 8.18. The number of aromatic nitrogens is 2. The summed E-state index contributed by atoms with van der Waals surface area (Å²) in [6, 6.07) is 7.91. The molecule has 1 heterocycles. The SMILES string of the molecule is Nc1ccc(C2(c3ncon3)CC2)cc1. The smallest absolute Gasteiger partial charge is 0.213 e. The van der Waals surface area contributed by atoms with Crippen LogP contribution in [0.15, 0.2) is 35.2 Å². The van der Waals surface area contributed by atoms with Crippen molar-refractivity contribution in [2.45, 2.75) is 18.3 Å². The van der Waals surface area contributed by atoms with Crippen molar-refractivity contribution in [1.82, 2.24) is 10.1 Å². The van der Waals surface area contributed by atoms with Gasteiger partial charge in [-0.15, -0.1) is 0 Å². The van der Waals surface area contributed by atoms with Gasteiger partial charge >= 0.3 is 0 Å². The Hall–Kier alpha value is -1.84. The highest BCUT2D eigenvalue weighted by Crippen LogP contribution is 2.52. The Balaban J connectivity index is 2.04. The van der Waals surface area contributed by atoms with E-state index in [1.54, 1.807) is 0 Å². The summed E-state index contributed by atoms with van der Waals surface area (Å²) in [6.45, 7) is 0. The Kier molecular flexibility index (Phi) is 1.59. The van der Waals surface area contributed by atoms with Gasteiger partial charge in [-0.1, -0.05) is 17.3 Å². The van der Waals surface area contributed by atoms with Crippen LogP contribution in [0.25, 0.3) is 0 Å². The second kappa shape index (κ2) is 2.82. The van der Waals surface area contributed by atoms with Gasteiger partial charge in [0.1, 0.15) is 0 Å². The summed E-state index contributed by atoms with van der Waals surface area (Å²) in [5.41, 5.74) is 7.65. The number of rotatable bonds is 2. The van der Waals surface area contributed by atoms with Crippen LogP contribution in [-0.4, -0.2) is 10.1 Å². The summed E-state index contributed by atoms with van der Waals surface area (Å²) in [5, 5.41) is 3.93. The Morgan fingerprint density at radius 3 is 2.47 bits per heavy atom. The number of hydrogen-bond acceptors (Lipinski definition) is 4. The summed E-state index contributed by atoms with van der Waals surface area (Å²) < 4.78 is 4.80. The van der Waals surface area contributed by atoms with Crippen LogP contribution >= 0.6 is 0 Å². The lowest BCUT2D eigenvalue weighted by Crippen LogP contribution is -2.10. The fraction of sp³-hybridized carbons (Fsp3) is 0.273. The number of nitrogens with zero attached hydrogens (tertiary/aromatic N) is 2. The molecule has 0 saturated heterocycles. The van der Waals surface area contributed by atoms with Gasteiger partial charge in [-0.3, -0.25) is 0 Å². The number of benzene rings is 1. The molecule has 4 nitrogen and oxygen atoms in total. The third-order valence-corrected chi connectivity index (χ3v) is 3.00. The fourth-order valence-electron chi connectivity index (χ4n) is 1.95. The van der Waals surface area contributed by atoms with Crippen molar-refractivity contribution in [2.24, 2.45) is 0 Å². The van der Waals surface area contributed by atoms with Crippen molar-refractivity contribution in [3.05, 3.63) is 42.0 Å². The molecule has 0 amide bonds. The van der Waals surface area contributed by atoms with Crippen molar-refractivity contribution in [2.75, 3.05) is 5.73 Å². The first kappa shape index (κ1) is 8.47. The molecule has 0 unspecified atom stereocenters. The van der Waals surface area contributed by atoms with Gasteiger partial charge in [0.25, 0.3) is 0 Å². The minimum absolute atomic E-state index is 0.0132. The Labute approximate surface area is 87.1 Å². The zero-order valence-corrected chi connectivity index (χ0v) is 8.18. The maximum absolute atomic E-state index is 5.66. The van der Waals surface area contributed by atoms with Crippen LogP contribution in [0.4, 0.5) is 5.69 Å². The predicted molar refractivity (Wildman–Crippen MR) is 55.2 cm³/mol. The molecule has 1 aromatic heterocycles. The number of nitrogen functional groups attached to an aromatic ring is 1. The lowest BCUT2D eigenvalue weighted by Gasteiger charge is -2.10. The summed E-state index contributed by atoms with van der Waals surface area (Å²) in [6.07, 6.45) is 3.54. The second-order valence-corrected chi connectivity index (χ2v) is 3.96. The first-order valence-corrected chi connectivity index (χ1v) is 4.94. The van der Waals surface area contributed by atoms with E-state index in [4.69, 9.17) is 10.3 Å². The molecule has 2 N–H and O–H groups in total. The quantitative estimate of drug-likeness (QED) is 0.751. The fourth-order valence-corrected chi connectivity index (χ4v) is 1.95. The van der Waals surface area contributed by atoms with Gasteiger partial charge in [0.05, 0.1) is 5.41 Å². The molecule has 1 aliphatic rings. The first-order chi connectivity index (χ1) is 7.31. The van der Waals surface area contributed by atoms with Gasteiger partial charge in [-0.05, 0) is 30.5 Å². The van der Waals surface area contributed by atoms with Gasteiger partial charge in [-0.25, -0.2) is 0 Å². The van der Waals surface area contributed by atoms with E-state index in [2.05, 4.69) is 10.1 Å². The molecular formula is C11H11N3O. The minimum Gasteiger partial charge on any atom is -0.399 e. The number of hydrogen-bond donors (Lipinski definition) is 1. The molecule has 0 radical (unpaired) electrons. The number of nitrogens with two attached hydrogens (primary N) is 1. The molecule has 0 spiro atoms. The molecule has 3 rings (SSSR count). The lowest BCUT2D eigenvalue weighted by molar-refractivity contribution is 0.406. The Morgan fingerprint density at radius 1 is 1.20 bits per heavy atom. The van der Waals surface area contributed by atoms with E-state index >= 15 is 0 Å². The number of anilines is 1. The van der Waals surface area contributed by atoms with Crippen molar-refractivity contribution in [3.8, 4) is 0 Å². The maximum Gasteiger partial charge on any atom is 0.213 e. The summed E-state index contributed by atoms with van der Waals surface area (Å²) in [4.78, 5) is 4.14. The van der Waals surface area contributed by atoms with Gasteiger partial charge < -0.3 is 10.3 Å². The largest absolute Gasteiger partial charge is 0.399 e. The molecule has 1 saturated carbocycles. The summed E-state index contributed by atoms with van der Waals surface area (Å²) >= 11 is 0. The van der Waals surface area contributed by atoms with Crippen LogP contribution in [0.5, 0.6) is 0 Å². The molecule has 1 aliphatic carbocycles. The van der Waals surface area contributed by atoms with E-state index in [0.717, 1.165) is 24.4 Å². The van der Waals surface area contributed by atoms with Crippen LogP contribution in [0.3, 0.4) is 0 Å². The van der Waals surface area contributed by atoms with Crippen LogP contribution in [0.1, 0.15) is 24.2 Å². The van der Waals surface area contributed by atoms with Crippen molar-refractivity contribution >= 4 is 5.69 Å². The molecule has 76 valence electrons. The highest BCUT2D eigenvalue weighted by Gasteiger charge is 2.49. The lowest BCUT2D eigenvalue weighted by atomic mass is 9.95. The first-order valence-electron chi connectivity index (χ1n) is 4.94. The van der Waals surface area contributed by atoms with Crippen molar-refractivity contribution < 1.29 is 4.52 Å². The Bertz CT molecular complexity index is 457. The standard InChI is InChI=1S/C11H11N3O/c12-9-3-1-8(2-4-9)11(5-6-11)10-13-7-15-14-10/h1-4,7H,5-6,12H2. The highest BCUT2D eigenvalue weighted by atomic mass is 16.5. The molecule has 15 heavy (non-hydrogen) atoms. The molecule has 4 heteroatoms. The van der Waals surface area contributed by atoms with E-state index < -0.39 is 0 Å². The molecule has 2 aromatic rings. The normalized spacial score (nSPS) is 17.6.